The molecule has 156 valence electrons. The Hall–Kier alpha value is -3.60. The second-order valence-electron chi connectivity index (χ2n) is 7.43. The number of nitrogens with zero attached hydrogens (tertiary/aromatic N) is 7. The summed E-state index contributed by atoms with van der Waals surface area (Å²) >= 11 is 0. The Bertz CT molecular complexity index is 1080. The van der Waals surface area contributed by atoms with Gasteiger partial charge in [0.2, 0.25) is 5.95 Å². The number of aromatic nitrogens is 4. The highest BCUT2D eigenvalue weighted by Gasteiger charge is 2.23. The fourth-order valence-electron chi connectivity index (χ4n) is 3.57. The number of nitro groups is 1. The maximum atomic E-state index is 11.2. The first kappa shape index (κ1) is 19.7. The van der Waals surface area contributed by atoms with Crippen LogP contribution in [0.4, 0.5) is 28.8 Å². The highest BCUT2D eigenvalue weighted by atomic mass is 16.6. The summed E-state index contributed by atoms with van der Waals surface area (Å²) in [6, 6.07) is 4.87. The molecule has 1 aromatic carbocycles. The third-order valence-electron chi connectivity index (χ3n) is 5.41. The standard InChI is InChI=1S/C19H23N9O2/c1-26-7-5-13(6-8-26)27(2)19-21-10-15-17(25-19)18(23-11-22-15)24-12-3-4-14(20)16(9-12)28(29)30/h3-4,9-11,13H,5-8,20H2,1-2H3,(H,22,23,24). The number of benzene rings is 1. The van der Waals surface area contributed by atoms with E-state index in [1.807, 2.05) is 7.05 Å². The van der Waals surface area contributed by atoms with Gasteiger partial charge in [0.1, 0.15) is 23.0 Å². The molecule has 0 radical (unpaired) electrons. The summed E-state index contributed by atoms with van der Waals surface area (Å²) in [5.74, 6) is 1.04. The molecule has 30 heavy (non-hydrogen) atoms. The lowest BCUT2D eigenvalue weighted by atomic mass is 10.0. The Labute approximate surface area is 173 Å². The molecule has 0 saturated carbocycles. The van der Waals surface area contributed by atoms with E-state index < -0.39 is 4.92 Å². The Morgan fingerprint density at radius 3 is 2.77 bits per heavy atom. The summed E-state index contributed by atoms with van der Waals surface area (Å²) in [6.07, 6.45) is 5.15. The second kappa shape index (κ2) is 8.03. The van der Waals surface area contributed by atoms with Crippen molar-refractivity contribution in [2.45, 2.75) is 18.9 Å². The number of likely N-dealkylation sites (tertiary alicyclic amines) is 1. The van der Waals surface area contributed by atoms with Gasteiger partial charge in [-0.15, -0.1) is 0 Å². The molecule has 3 aromatic rings. The number of rotatable bonds is 5. The molecule has 1 aliphatic heterocycles. The van der Waals surface area contributed by atoms with Crippen molar-refractivity contribution in [2.75, 3.05) is 43.1 Å². The normalized spacial score (nSPS) is 15.3. The first-order chi connectivity index (χ1) is 14.4. The van der Waals surface area contributed by atoms with E-state index in [2.05, 4.69) is 37.1 Å². The van der Waals surface area contributed by atoms with Crippen LogP contribution in [0, 0.1) is 10.1 Å². The van der Waals surface area contributed by atoms with E-state index in [4.69, 9.17) is 10.7 Å². The first-order valence-electron chi connectivity index (χ1n) is 9.62. The van der Waals surface area contributed by atoms with Crippen LogP contribution in [0.2, 0.25) is 0 Å². The number of nitrogen functional groups attached to an aromatic ring is 1. The van der Waals surface area contributed by atoms with Crippen LogP contribution in [0.1, 0.15) is 12.8 Å². The van der Waals surface area contributed by atoms with E-state index in [0.29, 0.717) is 34.5 Å². The number of anilines is 4. The molecule has 11 nitrogen and oxygen atoms in total. The number of nitrogens with two attached hydrogens (primary N) is 1. The molecule has 4 rings (SSSR count). The van der Waals surface area contributed by atoms with Gasteiger partial charge in [-0.2, -0.15) is 0 Å². The Balaban J connectivity index is 1.65. The van der Waals surface area contributed by atoms with Crippen LogP contribution >= 0.6 is 0 Å². The van der Waals surface area contributed by atoms with E-state index in [9.17, 15) is 10.1 Å². The van der Waals surface area contributed by atoms with Crippen LogP contribution in [0.5, 0.6) is 0 Å². The van der Waals surface area contributed by atoms with Gasteiger partial charge in [-0.05, 0) is 45.1 Å². The fourth-order valence-corrected chi connectivity index (χ4v) is 3.57. The monoisotopic (exact) mass is 409 g/mol. The molecule has 1 saturated heterocycles. The van der Waals surface area contributed by atoms with Crippen LogP contribution in [-0.4, -0.2) is 63.0 Å². The molecule has 2 aromatic heterocycles. The molecule has 0 atom stereocenters. The van der Waals surface area contributed by atoms with E-state index >= 15 is 0 Å². The van der Waals surface area contributed by atoms with Gasteiger partial charge in [0.15, 0.2) is 5.82 Å². The number of nitrogens with one attached hydrogen (secondary N) is 1. The van der Waals surface area contributed by atoms with Crippen molar-refractivity contribution >= 4 is 39.9 Å². The van der Waals surface area contributed by atoms with Crippen LogP contribution in [0.3, 0.4) is 0 Å². The molecule has 0 unspecified atom stereocenters. The average molecular weight is 409 g/mol. The van der Waals surface area contributed by atoms with Crippen LogP contribution in [0.25, 0.3) is 11.0 Å². The van der Waals surface area contributed by atoms with Crippen LogP contribution in [0.15, 0.2) is 30.7 Å². The average Bonchev–Trinajstić information content (AvgIpc) is 2.75. The highest BCUT2D eigenvalue weighted by molar-refractivity contribution is 5.87. The van der Waals surface area contributed by atoms with Crippen molar-refractivity contribution in [1.82, 2.24) is 24.8 Å². The third-order valence-corrected chi connectivity index (χ3v) is 5.41. The van der Waals surface area contributed by atoms with Crippen molar-refractivity contribution in [3.8, 4) is 0 Å². The SMILES string of the molecule is CN1CCC(N(C)c2ncc3ncnc(Nc4ccc(N)c([N+](=O)[O-])c4)c3n2)CC1. The zero-order valence-electron chi connectivity index (χ0n) is 16.8. The van der Waals surface area contributed by atoms with Gasteiger partial charge in [-0.25, -0.2) is 19.9 Å². The van der Waals surface area contributed by atoms with Gasteiger partial charge in [-0.1, -0.05) is 0 Å². The third kappa shape index (κ3) is 3.92. The summed E-state index contributed by atoms with van der Waals surface area (Å²) in [5.41, 5.74) is 7.22. The number of hydrogen-bond acceptors (Lipinski definition) is 10. The molecule has 11 heteroatoms. The molecular weight excluding hydrogens is 386 g/mol. The lowest BCUT2D eigenvalue weighted by Gasteiger charge is -2.35. The van der Waals surface area contributed by atoms with Crippen molar-refractivity contribution in [2.24, 2.45) is 0 Å². The zero-order valence-corrected chi connectivity index (χ0v) is 16.8. The number of fused-ring (bicyclic) bond motifs is 1. The first-order valence-corrected chi connectivity index (χ1v) is 9.62. The Kier molecular flexibility index (Phi) is 5.27. The Morgan fingerprint density at radius 2 is 2.03 bits per heavy atom. The van der Waals surface area contributed by atoms with Crippen molar-refractivity contribution < 1.29 is 4.92 Å². The van der Waals surface area contributed by atoms with Gasteiger partial charge in [-0.3, -0.25) is 10.1 Å². The quantitative estimate of drug-likeness (QED) is 0.366. The Morgan fingerprint density at radius 1 is 1.27 bits per heavy atom. The van der Waals surface area contributed by atoms with Gasteiger partial charge in [0.05, 0.1) is 11.1 Å². The molecular formula is C19H23N9O2. The minimum absolute atomic E-state index is 0.0995. The van der Waals surface area contributed by atoms with E-state index in [1.54, 1.807) is 12.3 Å². The van der Waals surface area contributed by atoms with Crippen LogP contribution in [-0.2, 0) is 0 Å². The largest absolute Gasteiger partial charge is 0.393 e. The lowest BCUT2D eigenvalue weighted by molar-refractivity contribution is -0.383. The number of nitro benzene ring substituents is 1. The van der Waals surface area contributed by atoms with Crippen LogP contribution < -0.4 is 16.0 Å². The molecule has 0 bridgehead atoms. The van der Waals surface area contributed by atoms with Gasteiger partial charge < -0.3 is 20.9 Å². The molecule has 1 fully saturated rings. The van der Waals surface area contributed by atoms with Gasteiger partial charge >= 0.3 is 0 Å². The van der Waals surface area contributed by atoms with Crippen molar-refractivity contribution in [3.63, 3.8) is 0 Å². The summed E-state index contributed by atoms with van der Waals surface area (Å²) in [6.45, 7) is 2.07. The molecule has 0 spiro atoms. The predicted molar refractivity (Wildman–Crippen MR) is 115 cm³/mol. The fraction of sp³-hybridized carbons (Fsp3) is 0.368. The predicted octanol–water partition coefficient (Wildman–Crippen LogP) is 2.18. The van der Waals surface area contributed by atoms with E-state index in [1.165, 1.54) is 18.5 Å². The summed E-state index contributed by atoms with van der Waals surface area (Å²) in [5, 5.41) is 14.3. The minimum atomic E-state index is -0.518. The topological polar surface area (TPSA) is 139 Å². The highest BCUT2D eigenvalue weighted by Crippen LogP contribution is 2.29. The molecule has 0 amide bonds. The molecule has 1 aliphatic rings. The van der Waals surface area contributed by atoms with Crippen molar-refractivity contribution in [1.29, 1.82) is 0 Å². The maximum Gasteiger partial charge on any atom is 0.294 e. The van der Waals surface area contributed by atoms with Gasteiger partial charge in [0.25, 0.3) is 5.69 Å². The molecule has 3 N–H and O–H groups in total. The zero-order chi connectivity index (χ0) is 21.3. The van der Waals surface area contributed by atoms with E-state index in [0.717, 1.165) is 25.9 Å². The number of hydrogen-bond donors (Lipinski definition) is 2. The molecule has 0 aliphatic carbocycles. The maximum absolute atomic E-state index is 11.2. The molecule has 3 heterocycles. The van der Waals surface area contributed by atoms with Crippen molar-refractivity contribution in [3.05, 3.63) is 40.8 Å². The summed E-state index contributed by atoms with van der Waals surface area (Å²) < 4.78 is 0. The second-order valence-corrected chi connectivity index (χ2v) is 7.43. The lowest BCUT2D eigenvalue weighted by Crippen LogP contribution is -2.42. The van der Waals surface area contributed by atoms with E-state index in [-0.39, 0.29) is 11.4 Å². The summed E-state index contributed by atoms with van der Waals surface area (Å²) in [7, 11) is 4.12. The minimum Gasteiger partial charge on any atom is -0.393 e. The smallest absolute Gasteiger partial charge is 0.294 e. The summed E-state index contributed by atoms with van der Waals surface area (Å²) in [4.78, 5) is 32.8. The number of piperidine rings is 1. The van der Waals surface area contributed by atoms with Gasteiger partial charge in [0, 0.05) is 24.8 Å².